The highest BCUT2D eigenvalue weighted by Crippen LogP contribution is 2.08. The molecule has 116 valence electrons. The van der Waals surface area contributed by atoms with Crippen molar-refractivity contribution in [1.82, 2.24) is 9.80 Å². The van der Waals surface area contributed by atoms with E-state index in [1.54, 1.807) is 4.90 Å². The van der Waals surface area contributed by atoms with E-state index in [4.69, 9.17) is 4.74 Å². The molecule has 1 heterocycles. The van der Waals surface area contributed by atoms with E-state index < -0.39 is 0 Å². The second-order valence-corrected chi connectivity index (χ2v) is 5.34. The van der Waals surface area contributed by atoms with E-state index in [0.717, 1.165) is 38.4 Å². The zero-order valence-electron chi connectivity index (χ0n) is 12.6. The molecule has 21 heavy (non-hydrogen) atoms. The van der Waals surface area contributed by atoms with Crippen molar-refractivity contribution in [3.8, 4) is 0 Å². The van der Waals surface area contributed by atoms with Crippen LogP contribution in [0.5, 0.6) is 0 Å². The van der Waals surface area contributed by atoms with Crippen molar-refractivity contribution in [2.45, 2.75) is 6.92 Å². The number of ether oxygens (including phenoxy) is 1. The number of hydrogen-bond donors (Lipinski definition) is 1. The van der Waals surface area contributed by atoms with Crippen LogP contribution in [-0.2, 0) is 4.74 Å². The van der Waals surface area contributed by atoms with Crippen LogP contribution in [0.2, 0.25) is 0 Å². The SMILES string of the molecule is Cc1ccc(C(=O)N(CCO)CCN2CCOCC2)cc1. The maximum absolute atomic E-state index is 12.5. The molecule has 0 aliphatic carbocycles. The molecule has 0 saturated carbocycles. The largest absolute Gasteiger partial charge is 0.395 e. The molecular weight excluding hydrogens is 268 g/mol. The highest BCUT2D eigenvalue weighted by Gasteiger charge is 2.17. The van der Waals surface area contributed by atoms with Crippen LogP contribution >= 0.6 is 0 Å². The fourth-order valence-corrected chi connectivity index (χ4v) is 2.40. The smallest absolute Gasteiger partial charge is 0.253 e. The summed E-state index contributed by atoms with van der Waals surface area (Å²) in [7, 11) is 0. The van der Waals surface area contributed by atoms with Gasteiger partial charge in [0, 0.05) is 38.3 Å². The number of carbonyl (C=O) groups excluding carboxylic acids is 1. The lowest BCUT2D eigenvalue weighted by molar-refractivity contribution is 0.0315. The van der Waals surface area contributed by atoms with Crippen LogP contribution in [0.15, 0.2) is 24.3 Å². The lowest BCUT2D eigenvalue weighted by Gasteiger charge is -2.30. The summed E-state index contributed by atoms with van der Waals surface area (Å²) in [5, 5.41) is 9.19. The van der Waals surface area contributed by atoms with Gasteiger partial charge in [0.05, 0.1) is 19.8 Å². The fraction of sp³-hybridized carbons (Fsp3) is 0.562. The average Bonchev–Trinajstić information content (AvgIpc) is 2.52. The number of aliphatic hydroxyl groups excluding tert-OH is 1. The fourth-order valence-electron chi connectivity index (χ4n) is 2.40. The number of carbonyl (C=O) groups is 1. The Hall–Kier alpha value is -1.43. The Bertz CT molecular complexity index is 441. The molecule has 0 bridgehead atoms. The Balaban J connectivity index is 1.93. The van der Waals surface area contributed by atoms with E-state index in [-0.39, 0.29) is 12.5 Å². The Morgan fingerprint density at radius 2 is 1.90 bits per heavy atom. The van der Waals surface area contributed by atoms with Gasteiger partial charge in [-0.25, -0.2) is 0 Å². The molecule has 1 fully saturated rings. The third kappa shape index (κ3) is 4.81. The van der Waals surface area contributed by atoms with Gasteiger partial charge in [0.1, 0.15) is 0 Å². The zero-order valence-corrected chi connectivity index (χ0v) is 12.6. The maximum atomic E-state index is 12.5. The number of nitrogens with zero attached hydrogens (tertiary/aromatic N) is 2. The van der Waals surface area contributed by atoms with Gasteiger partial charge in [-0.3, -0.25) is 9.69 Å². The number of morpholine rings is 1. The van der Waals surface area contributed by atoms with E-state index in [1.807, 2.05) is 31.2 Å². The molecule has 1 saturated heterocycles. The number of benzene rings is 1. The van der Waals surface area contributed by atoms with Crippen LogP contribution in [0, 0.1) is 6.92 Å². The zero-order chi connectivity index (χ0) is 15.1. The van der Waals surface area contributed by atoms with Gasteiger partial charge in [0.25, 0.3) is 5.91 Å². The van der Waals surface area contributed by atoms with Crippen LogP contribution in [0.3, 0.4) is 0 Å². The Morgan fingerprint density at radius 1 is 1.24 bits per heavy atom. The third-order valence-electron chi connectivity index (χ3n) is 3.75. The summed E-state index contributed by atoms with van der Waals surface area (Å²) in [6.07, 6.45) is 0. The van der Waals surface area contributed by atoms with Crippen molar-refractivity contribution in [3.63, 3.8) is 0 Å². The van der Waals surface area contributed by atoms with Gasteiger partial charge in [-0.05, 0) is 19.1 Å². The molecule has 1 amide bonds. The molecule has 0 radical (unpaired) electrons. The lowest BCUT2D eigenvalue weighted by atomic mass is 10.1. The molecule has 1 aliphatic rings. The highest BCUT2D eigenvalue weighted by molar-refractivity contribution is 5.94. The number of amides is 1. The summed E-state index contributed by atoms with van der Waals surface area (Å²) < 4.78 is 5.32. The van der Waals surface area contributed by atoms with Crippen molar-refractivity contribution in [2.24, 2.45) is 0 Å². The van der Waals surface area contributed by atoms with Gasteiger partial charge >= 0.3 is 0 Å². The summed E-state index contributed by atoms with van der Waals surface area (Å²) in [4.78, 5) is 16.5. The Labute approximate surface area is 126 Å². The highest BCUT2D eigenvalue weighted by atomic mass is 16.5. The van der Waals surface area contributed by atoms with E-state index in [2.05, 4.69) is 4.90 Å². The van der Waals surface area contributed by atoms with Crippen LogP contribution < -0.4 is 0 Å². The summed E-state index contributed by atoms with van der Waals surface area (Å²) in [5.74, 6) is -0.0164. The lowest BCUT2D eigenvalue weighted by Crippen LogP contribution is -2.43. The normalized spacial score (nSPS) is 15.9. The van der Waals surface area contributed by atoms with Crippen molar-refractivity contribution in [1.29, 1.82) is 0 Å². The van der Waals surface area contributed by atoms with Crippen LogP contribution in [-0.4, -0.2) is 73.4 Å². The van der Waals surface area contributed by atoms with Crippen LogP contribution in [0.25, 0.3) is 0 Å². The number of rotatable bonds is 6. The average molecular weight is 292 g/mol. The molecule has 2 rings (SSSR count). The molecule has 0 unspecified atom stereocenters. The third-order valence-corrected chi connectivity index (χ3v) is 3.75. The predicted octanol–water partition coefficient (Wildman–Crippen LogP) is 0.762. The number of aryl methyl sites for hydroxylation is 1. The molecular formula is C16H24N2O3. The van der Waals surface area contributed by atoms with Gasteiger partial charge < -0.3 is 14.7 Å². The number of hydrogen-bond acceptors (Lipinski definition) is 4. The molecule has 1 aromatic rings. The molecule has 1 aromatic carbocycles. The first kappa shape index (κ1) is 15.9. The number of aliphatic hydroxyl groups is 1. The minimum absolute atomic E-state index is 0.0132. The van der Waals surface area contributed by atoms with Gasteiger partial charge in [-0.1, -0.05) is 17.7 Å². The standard InChI is InChI=1S/C16H24N2O3/c1-14-2-4-15(5-3-14)16(20)18(8-11-19)7-6-17-9-12-21-13-10-17/h2-5,19H,6-13H2,1H3. The summed E-state index contributed by atoms with van der Waals surface area (Å²) in [6.45, 7) is 7.14. The van der Waals surface area contributed by atoms with E-state index in [1.165, 1.54) is 0 Å². The second kappa shape index (κ2) is 8.12. The minimum atomic E-state index is -0.0164. The summed E-state index contributed by atoms with van der Waals surface area (Å²) >= 11 is 0. The van der Waals surface area contributed by atoms with Gasteiger partial charge in [0.2, 0.25) is 0 Å². The predicted molar refractivity (Wildman–Crippen MR) is 81.4 cm³/mol. The monoisotopic (exact) mass is 292 g/mol. The Morgan fingerprint density at radius 3 is 2.52 bits per heavy atom. The molecule has 5 nitrogen and oxygen atoms in total. The molecule has 1 aliphatic heterocycles. The summed E-state index contributed by atoms with van der Waals surface area (Å²) in [6, 6.07) is 7.56. The molecule has 1 N–H and O–H groups in total. The molecule has 0 atom stereocenters. The van der Waals surface area contributed by atoms with Crippen molar-refractivity contribution in [2.75, 3.05) is 52.5 Å². The molecule has 5 heteroatoms. The first-order chi connectivity index (χ1) is 10.2. The molecule has 0 spiro atoms. The van der Waals surface area contributed by atoms with Gasteiger partial charge in [-0.2, -0.15) is 0 Å². The van der Waals surface area contributed by atoms with Gasteiger partial charge in [0.15, 0.2) is 0 Å². The molecule has 0 aromatic heterocycles. The van der Waals surface area contributed by atoms with Crippen molar-refractivity contribution in [3.05, 3.63) is 35.4 Å². The quantitative estimate of drug-likeness (QED) is 0.841. The van der Waals surface area contributed by atoms with E-state index in [0.29, 0.717) is 18.7 Å². The summed E-state index contributed by atoms with van der Waals surface area (Å²) in [5.41, 5.74) is 1.81. The Kier molecular flexibility index (Phi) is 6.17. The van der Waals surface area contributed by atoms with Crippen LogP contribution in [0.1, 0.15) is 15.9 Å². The van der Waals surface area contributed by atoms with E-state index in [9.17, 15) is 9.90 Å². The first-order valence-corrected chi connectivity index (χ1v) is 7.47. The minimum Gasteiger partial charge on any atom is -0.395 e. The maximum Gasteiger partial charge on any atom is 0.253 e. The van der Waals surface area contributed by atoms with Crippen LogP contribution in [0.4, 0.5) is 0 Å². The topological polar surface area (TPSA) is 53.0 Å². The van der Waals surface area contributed by atoms with Crippen molar-refractivity contribution < 1.29 is 14.6 Å². The second-order valence-electron chi connectivity index (χ2n) is 5.34. The van der Waals surface area contributed by atoms with Crippen molar-refractivity contribution >= 4 is 5.91 Å². The van der Waals surface area contributed by atoms with E-state index >= 15 is 0 Å². The van der Waals surface area contributed by atoms with Gasteiger partial charge in [-0.15, -0.1) is 0 Å². The first-order valence-electron chi connectivity index (χ1n) is 7.47.